The first-order valence-corrected chi connectivity index (χ1v) is 4.69. The number of rotatable bonds is 3. The van der Waals surface area contributed by atoms with Crippen LogP contribution in [0, 0.1) is 6.92 Å². The van der Waals surface area contributed by atoms with Gasteiger partial charge in [-0.15, -0.1) is 0 Å². The molecule has 0 atom stereocenters. The van der Waals surface area contributed by atoms with Gasteiger partial charge < -0.3 is 11.1 Å². The molecule has 1 heterocycles. The fraction of sp³-hybridized carbons (Fsp3) is 0.500. The highest BCUT2D eigenvalue weighted by atomic mass is 14.9. The molecule has 0 fully saturated rings. The first-order valence-electron chi connectivity index (χ1n) is 4.69. The Bertz CT molecular complexity index is 211. The summed E-state index contributed by atoms with van der Waals surface area (Å²) < 4.78 is 0. The molecule has 1 aromatic rings. The van der Waals surface area contributed by atoms with Crippen molar-refractivity contribution >= 4 is 5.69 Å². The van der Waals surface area contributed by atoms with Crippen LogP contribution in [-0.2, 0) is 0 Å². The van der Waals surface area contributed by atoms with E-state index in [-0.39, 0.29) is 1.43 Å². The van der Waals surface area contributed by atoms with Crippen molar-refractivity contribution < 1.29 is 1.43 Å². The highest BCUT2D eigenvalue weighted by Crippen LogP contribution is 2.03. The van der Waals surface area contributed by atoms with Crippen LogP contribution in [0.4, 0.5) is 5.69 Å². The van der Waals surface area contributed by atoms with Crippen molar-refractivity contribution in [3.05, 3.63) is 24.0 Å². The summed E-state index contributed by atoms with van der Waals surface area (Å²) in [6.45, 7) is 7.41. The molecule has 3 N–H and O–H groups in total. The van der Waals surface area contributed by atoms with E-state index in [1.165, 1.54) is 0 Å². The van der Waals surface area contributed by atoms with Gasteiger partial charge in [0.05, 0.1) is 11.9 Å². The molecule has 3 nitrogen and oxygen atoms in total. The Morgan fingerprint density at radius 2 is 2.15 bits per heavy atom. The lowest BCUT2D eigenvalue weighted by Crippen LogP contribution is -2.13. The monoisotopic (exact) mass is 183 g/mol. The molecule has 0 saturated carbocycles. The van der Waals surface area contributed by atoms with Crippen LogP contribution in [0.1, 0.15) is 21.0 Å². The highest BCUT2D eigenvalue weighted by Gasteiger charge is 1.88. The minimum absolute atomic E-state index is 0. The molecule has 0 bridgehead atoms. The average molecular weight is 183 g/mol. The molecule has 3 heteroatoms. The van der Waals surface area contributed by atoms with Crippen LogP contribution in [0.15, 0.2) is 18.3 Å². The zero-order valence-corrected chi connectivity index (χ0v) is 8.67. The van der Waals surface area contributed by atoms with Crippen molar-refractivity contribution in [2.45, 2.75) is 20.8 Å². The number of aryl methyl sites for hydroxylation is 1. The molecule has 0 aromatic carbocycles. The molecule has 0 aliphatic carbocycles. The van der Waals surface area contributed by atoms with Gasteiger partial charge in [-0.2, -0.15) is 0 Å². The van der Waals surface area contributed by atoms with Crippen molar-refractivity contribution in [3.8, 4) is 0 Å². The zero-order valence-electron chi connectivity index (χ0n) is 8.67. The second-order valence-electron chi connectivity index (χ2n) is 2.40. The number of nitrogens with two attached hydrogens (primary N) is 1. The van der Waals surface area contributed by atoms with Gasteiger partial charge in [-0.05, 0) is 19.1 Å². The first kappa shape index (κ1) is 11.9. The Labute approximate surface area is 81.9 Å². The maximum absolute atomic E-state index is 5.32. The number of anilines is 1. The van der Waals surface area contributed by atoms with Gasteiger partial charge >= 0.3 is 0 Å². The fourth-order valence-electron chi connectivity index (χ4n) is 0.789. The van der Waals surface area contributed by atoms with Gasteiger partial charge in [0, 0.05) is 20.2 Å². The van der Waals surface area contributed by atoms with E-state index < -0.39 is 0 Å². The van der Waals surface area contributed by atoms with Gasteiger partial charge in [0.15, 0.2) is 0 Å². The number of hydrogen-bond acceptors (Lipinski definition) is 3. The maximum Gasteiger partial charge on any atom is 0.0527 e. The molecular formula is C10H21N3. The van der Waals surface area contributed by atoms with Crippen LogP contribution in [0.2, 0.25) is 0 Å². The Balaban J connectivity index is 0. The molecule has 0 radical (unpaired) electrons. The van der Waals surface area contributed by atoms with E-state index in [2.05, 4.69) is 10.3 Å². The lowest BCUT2D eigenvalue weighted by molar-refractivity contribution is 1.02. The van der Waals surface area contributed by atoms with Crippen molar-refractivity contribution in [1.82, 2.24) is 4.98 Å². The molecular weight excluding hydrogens is 162 g/mol. The Morgan fingerprint density at radius 3 is 2.62 bits per heavy atom. The van der Waals surface area contributed by atoms with E-state index >= 15 is 0 Å². The van der Waals surface area contributed by atoms with Crippen LogP contribution in [0.5, 0.6) is 0 Å². The Morgan fingerprint density at radius 1 is 1.46 bits per heavy atom. The third-order valence-electron chi connectivity index (χ3n) is 1.38. The smallest absolute Gasteiger partial charge is 0.0527 e. The number of nitrogens with one attached hydrogen (secondary N) is 1. The summed E-state index contributed by atoms with van der Waals surface area (Å²) in [5.41, 5.74) is 7.38. The standard InChI is InChI=1S/C8H13N3.C2H6.H2/c1-7-2-3-8(6-11-7)10-5-4-9;1-2;/h2-3,6,10H,4-5,9H2,1H3;1-2H3;1H. The molecule has 1 rings (SSSR count). The number of hydrogen-bond donors (Lipinski definition) is 2. The normalized spacial score (nSPS) is 8.62. The zero-order chi connectivity index (χ0) is 10.1. The van der Waals surface area contributed by atoms with Crippen LogP contribution in [-0.4, -0.2) is 18.1 Å². The fourth-order valence-corrected chi connectivity index (χ4v) is 0.789. The van der Waals surface area contributed by atoms with Crippen LogP contribution >= 0.6 is 0 Å². The summed E-state index contributed by atoms with van der Waals surface area (Å²) in [6.07, 6.45) is 1.81. The van der Waals surface area contributed by atoms with Gasteiger partial charge in [-0.3, -0.25) is 4.98 Å². The van der Waals surface area contributed by atoms with Crippen molar-refractivity contribution in [2.75, 3.05) is 18.4 Å². The summed E-state index contributed by atoms with van der Waals surface area (Å²) >= 11 is 0. The predicted molar refractivity (Wildman–Crippen MR) is 60.0 cm³/mol. The predicted octanol–water partition coefficient (Wildman–Crippen LogP) is 2.03. The quantitative estimate of drug-likeness (QED) is 0.754. The lowest BCUT2D eigenvalue weighted by atomic mass is 10.3. The van der Waals surface area contributed by atoms with E-state index in [9.17, 15) is 0 Å². The van der Waals surface area contributed by atoms with Gasteiger partial charge in [0.25, 0.3) is 0 Å². The molecule has 0 saturated heterocycles. The maximum atomic E-state index is 5.32. The van der Waals surface area contributed by atoms with Gasteiger partial charge in [0.1, 0.15) is 0 Å². The van der Waals surface area contributed by atoms with Gasteiger partial charge in [-0.25, -0.2) is 0 Å². The summed E-state index contributed by atoms with van der Waals surface area (Å²) in [5, 5.41) is 3.13. The summed E-state index contributed by atoms with van der Waals surface area (Å²) in [5.74, 6) is 0. The molecule has 0 spiro atoms. The minimum Gasteiger partial charge on any atom is -0.383 e. The van der Waals surface area contributed by atoms with Crippen molar-refractivity contribution in [3.63, 3.8) is 0 Å². The highest BCUT2D eigenvalue weighted by molar-refractivity contribution is 5.40. The lowest BCUT2D eigenvalue weighted by Gasteiger charge is -2.02. The molecule has 76 valence electrons. The van der Waals surface area contributed by atoms with E-state index in [1.54, 1.807) is 0 Å². The van der Waals surface area contributed by atoms with Crippen LogP contribution in [0.25, 0.3) is 0 Å². The number of aromatic nitrogens is 1. The van der Waals surface area contributed by atoms with Crippen LogP contribution < -0.4 is 11.1 Å². The van der Waals surface area contributed by atoms with E-state index in [0.29, 0.717) is 6.54 Å². The van der Waals surface area contributed by atoms with Gasteiger partial charge in [0.2, 0.25) is 0 Å². The second-order valence-corrected chi connectivity index (χ2v) is 2.40. The van der Waals surface area contributed by atoms with Crippen molar-refractivity contribution in [2.24, 2.45) is 5.73 Å². The Kier molecular flexibility index (Phi) is 6.92. The number of pyridine rings is 1. The minimum atomic E-state index is 0. The molecule has 13 heavy (non-hydrogen) atoms. The van der Waals surface area contributed by atoms with Gasteiger partial charge in [-0.1, -0.05) is 13.8 Å². The second kappa shape index (κ2) is 7.55. The molecule has 0 unspecified atom stereocenters. The average Bonchev–Trinajstić information content (AvgIpc) is 2.20. The topological polar surface area (TPSA) is 50.9 Å². The third-order valence-corrected chi connectivity index (χ3v) is 1.38. The summed E-state index contributed by atoms with van der Waals surface area (Å²) in [6, 6.07) is 3.97. The van der Waals surface area contributed by atoms with Crippen molar-refractivity contribution in [1.29, 1.82) is 0 Å². The van der Waals surface area contributed by atoms with E-state index in [1.807, 2.05) is 39.1 Å². The molecule has 1 aromatic heterocycles. The number of nitrogens with zero attached hydrogens (tertiary/aromatic N) is 1. The molecule has 0 aliphatic rings. The summed E-state index contributed by atoms with van der Waals surface area (Å²) in [7, 11) is 0. The van der Waals surface area contributed by atoms with E-state index in [4.69, 9.17) is 5.73 Å². The third kappa shape index (κ3) is 5.20. The molecule has 0 aliphatic heterocycles. The largest absolute Gasteiger partial charge is 0.383 e. The Hall–Kier alpha value is -1.09. The van der Waals surface area contributed by atoms with Crippen LogP contribution in [0.3, 0.4) is 0 Å². The summed E-state index contributed by atoms with van der Waals surface area (Å²) in [4.78, 5) is 4.13. The molecule has 0 amide bonds. The SMILES string of the molecule is CC.Cc1ccc(NCCN)cn1.[HH]. The van der Waals surface area contributed by atoms with E-state index in [0.717, 1.165) is 17.9 Å². The first-order chi connectivity index (χ1) is 6.33.